The number of benzene rings is 4. The molecule has 0 atom stereocenters. The van der Waals surface area contributed by atoms with Crippen molar-refractivity contribution >= 4 is 23.9 Å². The predicted octanol–water partition coefficient (Wildman–Crippen LogP) is 8.86. The molecule has 0 aliphatic heterocycles. The summed E-state index contributed by atoms with van der Waals surface area (Å²) in [6.45, 7) is 6.17. The van der Waals surface area contributed by atoms with E-state index in [1.165, 1.54) is 19.3 Å². The fraction of sp³-hybridized carbons (Fsp3) is 0.282. The smallest absolute Gasteiger partial charge is 0.335 e. The van der Waals surface area contributed by atoms with Crippen molar-refractivity contribution in [2.45, 2.75) is 73.0 Å². The minimum absolute atomic E-state index is 0. The van der Waals surface area contributed by atoms with Crippen LogP contribution in [0.2, 0.25) is 0 Å². The second-order valence-corrected chi connectivity index (χ2v) is 9.37. The van der Waals surface area contributed by atoms with Crippen LogP contribution >= 0.6 is 0 Å². The summed E-state index contributed by atoms with van der Waals surface area (Å²) < 4.78 is 0. The van der Waals surface area contributed by atoms with Gasteiger partial charge in [0.1, 0.15) is 0 Å². The minimum Gasteiger partial charge on any atom is -0.478 e. The van der Waals surface area contributed by atoms with E-state index in [9.17, 15) is 19.2 Å². The van der Waals surface area contributed by atoms with Crippen LogP contribution in [0.1, 0.15) is 108 Å². The molecule has 0 aliphatic rings. The van der Waals surface area contributed by atoms with E-state index in [1.54, 1.807) is 121 Å². The van der Waals surface area contributed by atoms with Crippen LogP contribution < -0.4 is 0 Å². The Hall–Kier alpha value is -5.32. The van der Waals surface area contributed by atoms with E-state index in [1.807, 2.05) is 13.8 Å². The molecule has 10 heteroatoms. The summed E-state index contributed by atoms with van der Waals surface area (Å²) in [5.74, 6) is -3.52. The summed E-state index contributed by atoms with van der Waals surface area (Å²) in [5.41, 5.74) is 1.32. The summed E-state index contributed by atoms with van der Waals surface area (Å²) >= 11 is 0. The lowest BCUT2D eigenvalue weighted by molar-refractivity contribution is -0.0466. The van der Waals surface area contributed by atoms with Crippen LogP contribution in [-0.2, 0) is 0 Å². The van der Waals surface area contributed by atoms with Crippen molar-refractivity contribution in [3.63, 3.8) is 0 Å². The average Bonchev–Trinajstić information content (AvgIpc) is 3.11. The van der Waals surface area contributed by atoms with Crippen molar-refractivity contribution in [3.8, 4) is 0 Å². The second kappa shape index (κ2) is 32.6. The zero-order valence-electron chi connectivity index (χ0n) is 27.7. The Bertz CT molecular complexity index is 1160. The van der Waals surface area contributed by atoms with Crippen molar-refractivity contribution < 1.29 is 49.8 Å². The Labute approximate surface area is 290 Å². The molecule has 0 radical (unpaired) electrons. The predicted molar refractivity (Wildman–Crippen MR) is 193 cm³/mol. The molecule has 0 saturated carbocycles. The molecule has 49 heavy (non-hydrogen) atoms. The molecule has 0 heterocycles. The van der Waals surface area contributed by atoms with Crippen LogP contribution in [0.3, 0.4) is 0 Å². The number of hydrogen-bond acceptors (Lipinski definition) is 6. The highest BCUT2D eigenvalue weighted by atomic mass is 16.5. The van der Waals surface area contributed by atoms with Crippen molar-refractivity contribution in [2.75, 3.05) is 0 Å². The van der Waals surface area contributed by atoms with Crippen LogP contribution in [0.4, 0.5) is 0 Å². The van der Waals surface area contributed by atoms with Gasteiger partial charge in [0.15, 0.2) is 6.29 Å². The molecule has 0 saturated heterocycles. The van der Waals surface area contributed by atoms with Crippen molar-refractivity contribution in [1.82, 2.24) is 0 Å². The molecule has 0 aliphatic carbocycles. The van der Waals surface area contributed by atoms with Crippen molar-refractivity contribution in [1.29, 1.82) is 0 Å². The fourth-order valence-electron chi connectivity index (χ4n) is 3.25. The lowest BCUT2D eigenvalue weighted by Crippen LogP contribution is -2.02. The van der Waals surface area contributed by atoms with E-state index >= 15 is 0 Å². The maximum Gasteiger partial charge on any atom is 0.335 e. The molecule has 0 aromatic heterocycles. The summed E-state index contributed by atoms with van der Waals surface area (Å²) in [5, 5.41) is 50.5. The van der Waals surface area contributed by atoms with Gasteiger partial charge in [-0.05, 0) is 61.4 Å². The summed E-state index contributed by atoms with van der Waals surface area (Å²) in [7, 11) is 0. The fourth-order valence-corrected chi connectivity index (χ4v) is 3.25. The molecule has 4 aromatic carbocycles. The first-order valence-electron chi connectivity index (χ1n) is 15.5. The van der Waals surface area contributed by atoms with Gasteiger partial charge in [-0.25, -0.2) is 19.2 Å². The van der Waals surface area contributed by atoms with Gasteiger partial charge in [-0.1, -0.05) is 127 Å². The van der Waals surface area contributed by atoms with Gasteiger partial charge < -0.3 is 30.6 Å². The average molecular weight is 681 g/mol. The number of carboxylic acids is 4. The molecule has 4 rings (SSSR count). The lowest BCUT2D eigenvalue weighted by Gasteiger charge is -2.01. The first-order chi connectivity index (χ1) is 23.0. The van der Waals surface area contributed by atoms with Crippen molar-refractivity contribution in [2.24, 2.45) is 0 Å². The normalized spacial score (nSPS) is 8.86. The summed E-state index contributed by atoms with van der Waals surface area (Å²) in [4.78, 5) is 40.8. The number of aliphatic hydroxyl groups is 2. The Morgan fingerprint density at radius 3 is 0.837 bits per heavy atom. The van der Waals surface area contributed by atoms with Gasteiger partial charge in [0, 0.05) is 0 Å². The maximum atomic E-state index is 10.2. The molecule has 0 fully saturated rings. The van der Waals surface area contributed by atoms with E-state index in [4.69, 9.17) is 30.6 Å². The number of hydrogen-bond donors (Lipinski definition) is 6. The van der Waals surface area contributed by atoms with Crippen LogP contribution in [-0.4, -0.2) is 60.8 Å². The summed E-state index contributed by atoms with van der Waals surface area (Å²) in [6, 6.07) is 33.2. The van der Waals surface area contributed by atoms with Gasteiger partial charge in [0.25, 0.3) is 0 Å². The molecular formula is C39H52O10. The Morgan fingerprint density at radius 1 is 0.449 bits per heavy atom. The minimum atomic E-state index is -1.10. The zero-order chi connectivity index (χ0) is 36.6. The molecular weight excluding hydrogens is 628 g/mol. The molecule has 0 unspecified atom stereocenters. The molecule has 10 nitrogen and oxygen atoms in total. The van der Waals surface area contributed by atoms with E-state index in [0.717, 1.165) is 12.8 Å². The first kappa shape index (κ1) is 48.1. The number of carboxylic acid groups (broad SMARTS) is 4. The Balaban J connectivity index is -0.000000530. The first-order valence-corrected chi connectivity index (χ1v) is 15.5. The number of aliphatic hydroxyl groups excluding tert-OH is 1. The van der Waals surface area contributed by atoms with Gasteiger partial charge in [-0.2, -0.15) is 0 Å². The quantitative estimate of drug-likeness (QED) is 0.0697. The Morgan fingerprint density at radius 2 is 0.673 bits per heavy atom. The van der Waals surface area contributed by atoms with Gasteiger partial charge in [0.2, 0.25) is 0 Å². The SMILES string of the molecule is C.CC.CCCCCCCC(O)O.O=C(O)c1ccccc1.O=C(O)c1ccccc1.O=C(O)c1ccccc1.O=C(O)c1ccccc1. The van der Waals surface area contributed by atoms with Crippen LogP contribution in [0.25, 0.3) is 0 Å². The molecule has 268 valence electrons. The molecule has 6 N–H and O–H groups in total. The molecule has 0 bridgehead atoms. The van der Waals surface area contributed by atoms with E-state index in [2.05, 4.69) is 6.92 Å². The maximum absolute atomic E-state index is 10.2. The molecule has 0 amide bonds. The number of unbranched alkanes of at least 4 members (excludes halogenated alkanes) is 4. The standard InChI is InChI=1S/C8H18O2.4C7H6O2.C2H6.CH4/c1-2-3-4-5-6-7-8(9)10;4*8-7(9)6-4-2-1-3-5-6;1-2;/h8-10H,2-7H2,1H3;4*1-5H,(H,8,9);1-2H3;1H4. The van der Waals surface area contributed by atoms with Gasteiger partial charge in [-0.3, -0.25) is 0 Å². The van der Waals surface area contributed by atoms with E-state index in [0.29, 0.717) is 28.7 Å². The largest absolute Gasteiger partial charge is 0.478 e. The van der Waals surface area contributed by atoms with Gasteiger partial charge >= 0.3 is 23.9 Å². The third-order valence-electron chi connectivity index (χ3n) is 5.65. The van der Waals surface area contributed by atoms with Crippen LogP contribution in [0.5, 0.6) is 0 Å². The Kier molecular flexibility index (Phi) is 32.0. The monoisotopic (exact) mass is 680 g/mol. The zero-order valence-corrected chi connectivity index (χ0v) is 27.7. The van der Waals surface area contributed by atoms with Gasteiger partial charge in [0.05, 0.1) is 22.3 Å². The third kappa shape index (κ3) is 28.6. The van der Waals surface area contributed by atoms with E-state index in [-0.39, 0.29) is 7.43 Å². The molecule has 4 aromatic rings. The summed E-state index contributed by atoms with van der Waals surface area (Å²) in [6.07, 6.45) is 5.24. The van der Waals surface area contributed by atoms with Crippen LogP contribution in [0, 0.1) is 0 Å². The second-order valence-electron chi connectivity index (χ2n) is 9.37. The van der Waals surface area contributed by atoms with Crippen LogP contribution in [0.15, 0.2) is 121 Å². The van der Waals surface area contributed by atoms with E-state index < -0.39 is 30.2 Å². The number of aromatic carboxylic acids is 4. The molecule has 0 spiro atoms. The highest BCUT2D eigenvalue weighted by Crippen LogP contribution is 2.05. The number of carbonyl (C=O) groups is 4. The topological polar surface area (TPSA) is 190 Å². The highest BCUT2D eigenvalue weighted by molar-refractivity contribution is 5.88. The number of rotatable bonds is 10. The lowest BCUT2D eigenvalue weighted by atomic mass is 10.1. The highest BCUT2D eigenvalue weighted by Gasteiger charge is 1.99. The third-order valence-corrected chi connectivity index (χ3v) is 5.65. The van der Waals surface area contributed by atoms with Gasteiger partial charge in [-0.15, -0.1) is 0 Å². The van der Waals surface area contributed by atoms with Crippen molar-refractivity contribution in [3.05, 3.63) is 144 Å².